The van der Waals surface area contributed by atoms with Gasteiger partial charge in [-0.2, -0.15) is 0 Å². The van der Waals surface area contributed by atoms with E-state index in [0.717, 1.165) is 21.5 Å². The number of halogens is 1. The first-order chi connectivity index (χ1) is 8.70. The van der Waals surface area contributed by atoms with E-state index in [2.05, 4.69) is 34.2 Å². The summed E-state index contributed by atoms with van der Waals surface area (Å²) < 4.78 is 6.96. The van der Waals surface area contributed by atoms with Crippen molar-refractivity contribution in [1.29, 1.82) is 0 Å². The third kappa shape index (κ3) is 3.12. The van der Waals surface area contributed by atoms with Crippen molar-refractivity contribution in [2.75, 3.05) is 7.05 Å². The van der Waals surface area contributed by atoms with Crippen molar-refractivity contribution in [3.05, 3.63) is 58.6 Å². The molecule has 0 aliphatic carbocycles. The first kappa shape index (κ1) is 13.1. The Balaban J connectivity index is 2.29. The summed E-state index contributed by atoms with van der Waals surface area (Å²) in [6.45, 7) is 2.11. The van der Waals surface area contributed by atoms with E-state index in [4.69, 9.17) is 4.74 Å². The summed E-state index contributed by atoms with van der Waals surface area (Å²) in [6.07, 6.45) is 0. The molecule has 2 aromatic rings. The minimum absolute atomic E-state index is 0.258. The Hall–Kier alpha value is -1.32. The van der Waals surface area contributed by atoms with E-state index in [1.165, 1.54) is 0 Å². The molecule has 0 aliphatic heterocycles. The van der Waals surface area contributed by atoms with Crippen LogP contribution >= 0.6 is 15.9 Å². The number of nitrogens with one attached hydrogen (secondary N) is 1. The molecule has 2 nitrogen and oxygen atoms in total. The highest BCUT2D eigenvalue weighted by atomic mass is 79.9. The van der Waals surface area contributed by atoms with Gasteiger partial charge in [-0.1, -0.05) is 40.2 Å². The average Bonchev–Trinajstić information content (AvgIpc) is 2.38. The number of hydrogen-bond donors (Lipinski definition) is 1. The quantitative estimate of drug-likeness (QED) is 0.896. The van der Waals surface area contributed by atoms with Crippen LogP contribution in [-0.2, 0) is 0 Å². The van der Waals surface area contributed by atoms with Gasteiger partial charge in [0.1, 0.15) is 11.5 Å². The second-order valence-electron chi connectivity index (χ2n) is 4.11. The molecule has 1 unspecified atom stereocenters. The lowest BCUT2D eigenvalue weighted by molar-refractivity contribution is 0.466. The molecule has 3 heteroatoms. The van der Waals surface area contributed by atoms with Gasteiger partial charge in [0.05, 0.1) is 0 Å². The molecule has 94 valence electrons. The van der Waals surface area contributed by atoms with Crippen LogP contribution in [0.3, 0.4) is 0 Å². The maximum Gasteiger partial charge on any atom is 0.132 e. The topological polar surface area (TPSA) is 21.3 Å². The van der Waals surface area contributed by atoms with Gasteiger partial charge in [-0.25, -0.2) is 0 Å². The molecule has 2 rings (SSSR count). The third-order valence-electron chi connectivity index (χ3n) is 2.84. The zero-order valence-corrected chi connectivity index (χ0v) is 12.1. The maximum absolute atomic E-state index is 5.94. The van der Waals surface area contributed by atoms with Crippen LogP contribution in [0.5, 0.6) is 11.5 Å². The van der Waals surface area contributed by atoms with Crippen LogP contribution < -0.4 is 10.1 Å². The van der Waals surface area contributed by atoms with Crippen LogP contribution in [-0.4, -0.2) is 7.05 Å². The van der Waals surface area contributed by atoms with Crippen molar-refractivity contribution in [1.82, 2.24) is 5.32 Å². The highest BCUT2D eigenvalue weighted by Gasteiger charge is 2.09. The highest BCUT2D eigenvalue weighted by Crippen LogP contribution is 2.30. The number of hydrogen-bond acceptors (Lipinski definition) is 2. The van der Waals surface area contributed by atoms with Gasteiger partial charge in [0.2, 0.25) is 0 Å². The van der Waals surface area contributed by atoms with E-state index in [1.807, 2.05) is 49.5 Å². The van der Waals surface area contributed by atoms with Gasteiger partial charge in [0.15, 0.2) is 0 Å². The molecule has 0 amide bonds. The van der Waals surface area contributed by atoms with Crippen LogP contribution in [0.2, 0.25) is 0 Å². The molecule has 0 fully saturated rings. The summed E-state index contributed by atoms with van der Waals surface area (Å²) in [6, 6.07) is 16.2. The Labute approximate surface area is 116 Å². The van der Waals surface area contributed by atoms with E-state index < -0.39 is 0 Å². The summed E-state index contributed by atoms with van der Waals surface area (Å²) >= 11 is 3.44. The van der Waals surface area contributed by atoms with Crippen molar-refractivity contribution in [2.24, 2.45) is 0 Å². The Bertz CT molecular complexity index is 527. The molecule has 0 bridgehead atoms. The maximum atomic E-state index is 5.94. The number of para-hydroxylation sites is 1. The van der Waals surface area contributed by atoms with Crippen molar-refractivity contribution in [2.45, 2.75) is 13.0 Å². The van der Waals surface area contributed by atoms with E-state index in [0.29, 0.717) is 0 Å². The lowest BCUT2D eigenvalue weighted by Crippen LogP contribution is -2.13. The molecule has 2 aromatic carbocycles. The van der Waals surface area contributed by atoms with Crippen LogP contribution in [0.4, 0.5) is 0 Å². The zero-order valence-electron chi connectivity index (χ0n) is 10.5. The number of benzene rings is 2. The van der Waals surface area contributed by atoms with Gasteiger partial charge in [-0.05, 0) is 38.2 Å². The largest absolute Gasteiger partial charge is 0.457 e. The molecule has 0 aliphatic rings. The van der Waals surface area contributed by atoms with Crippen LogP contribution in [0.1, 0.15) is 18.5 Å². The van der Waals surface area contributed by atoms with Crippen molar-refractivity contribution < 1.29 is 4.74 Å². The van der Waals surface area contributed by atoms with E-state index >= 15 is 0 Å². The Kier molecular flexibility index (Phi) is 4.39. The van der Waals surface area contributed by atoms with Crippen molar-refractivity contribution in [3.8, 4) is 11.5 Å². The molecule has 0 heterocycles. The molecule has 0 radical (unpaired) electrons. The summed E-state index contributed by atoms with van der Waals surface area (Å²) in [5, 5.41) is 3.23. The SMILES string of the molecule is CNC(C)c1ccccc1Oc1cccc(Br)c1. The summed E-state index contributed by atoms with van der Waals surface area (Å²) in [5.74, 6) is 1.72. The van der Waals surface area contributed by atoms with Crippen molar-refractivity contribution >= 4 is 15.9 Å². The summed E-state index contributed by atoms with van der Waals surface area (Å²) in [5.41, 5.74) is 1.15. The minimum Gasteiger partial charge on any atom is -0.457 e. The lowest BCUT2D eigenvalue weighted by atomic mass is 10.1. The predicted molar refractivity (Wildman–Crippen MR) is 78.1 cm³/mol. The molecule has 18 heavy (non-hydrogen) atoms. The Morgan fingerprint density at radius 3 is 2.61 bits per heavy atom. The average molecular weight is 306 g/mol. The molecule has 1 atom stereocenters. The normalized spacial score (nSPS) is 12.2. The molecule has 0 spiro atoms. The Morgan fingerprint density at radius 1 is 1.11 bits per heavy atom. The second kappa shape index (κ2) is 6.03. The molecular formula is C15H16BrNO. The van der Waals surface area contributed by atoms with Gasteiger partial charge in [-0.15, -0.1) is 0 Å². The van der Waals surface area contributed by atoms with Gasteiger partial charge < -0.3 is 10.1 Å². The molecule has 0 saturated heterocycles. The molecule has 1 N–H and O–H groups in total. The number of rotatable bonds is 4. The van der Waals surface area contributed by atoms with Crippen LogP contribution in [0.25, 0.3) is 0 Å². The monoisotopic (exact) mass is 305 g/mol. The zero-order chi connectivity index (χ0) is 13.0. The smallest absolute Gasteiger partial charge is 0.132 e. The third-order valence-corrected chi connectivity index (χ3v) is 3.34. The van der Waals surface area contributed by atoms with Crippen LogP contribution in [0.15, 0.2) is 53.0 Å². The fraction of sp³-hybridized carbons (Fsp3) is 0.200. The van der Waals surface area contributed by atoms with Crippen molar-refractivity contribution in [3.63, 3.8) is 0 Å². The lowest BCUT2D eigenvalue weighted by Gasteiger charge is -2.16. The van der Waals surface area contributed by atoms with E-state index in [-0.39, 0.29) is 6.04 Å². The second-order valence-corrected chi connectivity index (χ2v) is 5.02. The minimum atomic E-state index is 0.258. The summed E-state index contributed by atoms with van der Waals surface area (Å²) in [4.78, 5) is 0. The first-order valence-electron chi connectivity index (χ1n) is 5.90. The molecule has 0 aromatic heterocycles. The highest BCUT2D eigenvalue weighted by molar-refractivity contribution is 9.10. The van der Waals surface area contributed by atoms with Gasteiger partial charge in [-0.3, -0.25) is 0 Å². The van der Waals surface area contributed by atoms with E-state index in [9.17, 15) is 0 Å². The van der Waals surface area contributed by atoms with Gasteiger partial charge >= 0.3 is 0 Å². The number of ether oxygens (including phenoxy) is 1. The van der Waals surface area contributed by atoms with E-state index in [1.54, 1.807) is 0 Å². The standard InChI is InChI=1S/C15H16BrNO/c1-11(17-2)14-8-3-4-9-15(14)18-13-7-5-6-12(16)10-13/h3-11,17H,1-2H3. The fourth-order valence-corrected chi connectivity index (χ4v) is 2.12. The van der Waals surface area contributed by atoms with Gasteiger partial charge in [0.25, 0.3) is 0 Å². The fourth-order valence-electron chi connectivity index (χ4n) is 1.74. The molecule has 0 saturated carbocycles. The van der Waals surface area contributed by atoms with Crippen LogP contribution in [0, 0.1) is 0 Å². The first-order valence-corrected chi connectivity index (χ1v) is 6.69. The Morgan fingerprint density at radius 2 is 1.89 bits per heavy atom. The molecular weight excluding hydrogens is 290 g/mol. The van der Waals surface area contributed by atoms with Gasteiger partial charge in [0, 0.05) is 16.1 Å². The summed E-state index contributed by atoms with van der Waals surface area (Å²) in [7, 11) is 1.94. The predicted octanol–water partition coefficient (Wildman–Crippen LogP) is 4.52.